The molecule has 1 aromatic rings. The molecule has 0 aliphatic rings. The van der Waals surface area contributed by atoms with Crippen LogP contribution >= 0.6 is 27.3 Å². The summed E-state index contributed by atoms with van der Waals surface area (Å²) < 4.78 is 0. The average Bonchev–Trinajstić information content (AvgIpc) is 2.79. The van der Waals surface area contributed by atoms with E-state index in [0.717, 1.165) is 23.0 Å². The summed E-state index contributed by atoms with van der Waals surface area (Å²) in [6.07, 6.45) is 2.39. The van der Waals surface area contributed by atoms with Crippen molar-refractivity contribution in [3.05, 3.63) is 22.4 Å². The fourth-order valence-electron chi connectivity index (χ4n) is 1.56. The highest BCUT2D eigenvalue weighted by molar-refractivity contribution is 9.09. The number of hydrogen-bond acceptors (Lipinski definition) is 2. The van der Waals surface area contributed by atoms with E-state index < -0.39 is 0 Å². The van der Waals surface area contributed by atoms with Crippen molar-refractivity contribution in [2.24, 2.45) is 0 Å². The molecule has 0 aliphatic heterocycles. The zero-order valence-corrected chi connectivity index (χ0v) is 12.2. The van der Waals surface area contributed by atoms with Gasteiger partial charge < -0.3 is 5.32 Å². The second kappa shape index (κ2) is 6.40. The highest BCUT2D eigenvalue weighted by Crippen LogP contribution is 2.18. The number of carbonyl (C=O) groups is 1. The molecule has 0 saturated heterocycles. The lowest BCUT2D eigenvalue weighted by atomic mass is 9.95. The normalized spacial score (nSPS) is 11.4. The number of nitrogens with one attached hydrogen (secondary N) is 1. The lowest BCUT2D eigenvalue weighted by Gasteiger charge is -2.30. The maximum Gasteiger partial charge on any atom is 0.225 e. The molecular weight excluding hydrogens is 286 g/mol. The summed E-state index contributed by atoms with van der Waals surface area (Å²) in [5, 5.41) is 5.95. The van der Waals surface area contributed by atoms with Crippen LogP contribution in [0.3, 0.4) is 0 Å². The lowest BCUT2D eigenvalue weighted by molar-refractivity contribution is -0.122. The lowest BCUT2D eigenvalue weighted by Crippen LogP contribution is -2.49. The highest BCUT2D eigenvalue weighted by atomic mass is 79.9. The van der Waals surface area contributed by atoms with E-state index in [0.29, 0.717) is 6.42 Å². The van der Waals surface area contributed by atoms with Gasteiger partial charge in [-0.1, -0.05) is 35.8 Å². The van der Waals surface area contributed by atoms with Crippen molar-refractivity contribution in [1.82, 2.24) is 5.32 Å². The van der Waals surface area contributed by atoms with E-state index in [9.17, 15) is 4.79 Å². The Kier molecular flexibility index (Phi) is 5.49. The third kappa shape index (κ3) is 3.59. The Morgan fingerprint density at radius 1 is 1.50 bits per heavy atom. The molecule has 0 spiro atoms. The smallest absolute Gasteiger partial charge is 0.225 e. The van der Waals surface area contributed by atoms with Crippen LogP contribution in [0.2, 0.25) is 0 Å². The Morgan fingerprint density at radius 3 is 2.62 bits per heavy atom. The monoisotopic (exact) mass is 303 g/mol. The van der Waals surface area contributed by atoms with Gasteiger partial charge in [0, 0.05) is 15.7 Å². The fraction of sp³-hybridized carbons (Fsp3) is 0.583. The summed E-state index contributed by atoms with van der Waals surface area (Å²) in [4.78, 5) is 13.0. The van der Waals surface area contributed by atoms with Crippen molar-refractivity contribution < 1.29 is 4.79 Å². The predicted molar refractivity (Wildman–Crippen MR) is 73.3 cm³/mol. The van der Waals surface area contributed by atoms with Crippen LogP contribution in [0.5, 0.6) is 0 Å². The first kappa shape index (κ1) is 13.7. The summed E-state index contributed by atoms with van der Waals surface area (Å²) in [6, 6.07) is 3.97. The molecule has 0 aliphatic carbocycles. The zero-order valence-electron chi connectivity index (χ0n) is 9.75. The van der Waals surface area contributed by atoms with Gasteiger partial charge in [0.15, 0.2) is 0 Å². The summed E-state index contributed by atoms with van der Waals surface area (Å²) in [5.74, 6) is 0.116. The third-order valence-corrected chi connectivity index (χ3v) is 4.88. The van der Waals surface area contributed by atoms with Gasteiger partial charge in [0.05, 0.1) is 6.42 Å². The SMILES string of the molecule is CCC(CC)(CBr)NC(=O)Cc1cccs1. The summed E-state index contributed by atoms with van der Waals surface area (Å²) in [6.45, 7) is 4.21. The zero-order chi connectivity index (χ0) is 12.0. The Hall–Kier alpha value is -0.350. The van der Waals surface area contributed by atoms with Crippen LogP contribution in [0.4, 0.5) is 0 Å². The fourth-order valence-corrected chi connectivity index (χ4v) is 3.20. The van der Waals surface area contributed by atoms with Crippen molar-refractivity contribution in [1.29, 1.82) is 0 Å². The van der Waals surface area contributed by atoms with Gasteiger partial charge in [0.2, 0.25) is 5.91 Å². The van der Waals surface area contributed by atoms with Crippen molar-refractivity contribution in [3.63, 3.8) is 0 Å². The van der Waals surface area contributed by atoms with Crippen LogP contribution in [0.1, 0.15) is 31.6 Å². The first-order valence-corrected chi connectivity index (χ1v) is 7.55. The topological polar surface area (TPSA) is 29.1 Å². The first-order valence-electron chi connectivity index (χ1n) is 5.55. The van der Waals surface area contributed by atoms with E-state index in [4.69, 9.17) is 0 Å². The number of amides is 1. The number of halogens is 1. The number of alkyl halides is 1. The molecular formula is C12H18BrNOS. The molecule has 0 saturated carbocycles. The molecule has 0 fully saturated rings. The molecule has 16 heavy (non-hydrogen) atoms. The highest BCUT2D eigenvalue weighted by Gasteiger charge is 2.26. The van der Waals surface area contributed by atoms with Crippen LogP contribution in [-0.2, 0) is 11.2 Å². The Morgan fingerprint density at radius 2 is 2.19 bits per heavy atom. The molecule has 90 valence electrons. The van der Waals surface area contributed by atoms with Gasteiger partial charge in [-0.15, -0.1) is 11.3 Å². The molecule has 1 amide bonds. The molecule has 0 bridgehead atoms. The predicted octanol–water partition coefficient (Wildman–Crippen LogP) is 3.36. The van der Waals surface area contributed by atoms with Gasteiger partial charge in [-0.3, -0.25) is 4.79 Å². The molecule has 2 nitrogen and oxygen atoms in total. The number of carbonyl (C=O) groups excluding carboxylic acids is 1. The Balaban J connectivity index is 2.55. The van der Waals surface area contributed by atoms with Crippen LogP contribution in [-0.4, -0.2) is 16.8 Å². The van der Waals surface area contributed by atoms with Crippen LogP contribution in [0.25, 0.3) is 0 Å². The van der Waals surface area contributed by atoms with Crippen molar-refractivity contribution in [3.8, 4) is 0 Å². The number of thiophene rings is 1. The standard InChI is InChI=1S/C12H18BrNOS/c1-3-12(4-2,9-13)14-11(15)8-10-6-5-7-16-10/h5-7H,3-4,8-9H2,1-2H3,(H,14,15). The van der Waals surface area contributed by atoms with Gasteiger partial charge in [0.25, 0.3) is 0 Å². The number of hydrogen-bond donors (Lipinski definition) is 1. The van der Waals surface area contributed by atoms with Crippen LogP contribution < -0.4 is 5.32 Å². The second-order valence-electron chi connectivity index (χ2n) is 3.93. The van der Waals surface area contributed by atoms with Crippen molar-refractivity contribution in [2.75, 3.05) is 5.33 Å². The van der Waals surface area contributed by atoms with Crippen molar-refractivity contribution >= 4 is 33.2 Å². The largest absolute Gasteiger partial charge is 0.350 e. The minimum Gasteiger partial charge on any atom is -0.350 e. The maximum atomic E-state index is 11.9. The van der Waals surface area contributed by atoms with E-state index in [-0.39, 0.29) is 11.4 Å². The minimum absolute atomic E-state index is 0.0889. The summed E-state index contributed by atoms with van der Waals surface area (Å²) in [5.41, 5.74) is -0.0889. The molecule has 1 aromatic heterocycles. The Bertz CT molecular complexity index is 312. The van der Waals surface area contributed by atoms with Crippen LogP contribution in [0.15, 0.2) is 17.5 Å². The van der Waals surface area contributed by atoms with Crippen molar-refractivity contribution in [2.45, 2.75) is 38.6 Å². The van der Waals surface area contributed by atoms with Gasteiger partial charge in [0.1, 0.15) is 0 Å². The third-order valence-electron chi connectivity index (χ3n) is 2.93. The number of rotatable bonds is 6. The van der Waals surface area contributed by atoms with Gasteiger partial charge in [-0.05, 0) is 24.3 Å². The van der Waals surface area contributed by atoms with E-state index in [2.05, 4.69) is 35.1 Å². The van der Waals surface area contributed by atoms with E-state index in [1.807, 2.05) is 17.5 Å². The molecule has 1 heterocycles. The molecule has 4 heteroatoms. The van der Waals surface area contributed by atoms with E-state index >= 15 is 0 Å². The molecule has 0 radical (unpaired) electrons. The Labute approximate surface area is 110 Å². The van der Waals surface area contributed by atoms with E-state index in [1.54, 1.807) is 11.3 Å². The molecule has 1 rings (SSSR count). The first-order chi connectivity index (χ1) is 7.65. The maximum absolute atomic E-state index is 11.9. The molecule has 0 atom stereocenters. The molecule has 0 unspecified atom stereocenters. The van der Waals surface area contributed by atoms with Crippen LogP contribution in [0, 0.1) is 0 Å². The minimum atomic E-state index is -0.0889. The molecule has 0 aromatic carbocycles. The summed E-state index contributed by atoms with van der Waals surface area (Å²) >= 11 is 5.12. The van der Waals surface area contributed by atoms with Gasteiger partial charge >= 0.3 is 0 Å². The quantitative estimate of drug-likeness (QED) is 0.802. The summed E-state index contributed by atoms with van der Waals surface area (Å²) in [7, 11) is 0. The molecule has 1 N–H and O–H groups in total. The average molecular weight is 304 g/mol. The second-order valence-corrected chi connectivity index (χ2v) is 5.52. The van der Waals surface area contributed by atoms with Gasteiger partial charge in [-0.25, -0.2) is 0 Å². The van der Waals surface area contributed by atoms with Gasteiger partial charge in [-0.2, -0.15) is 0 Å². The van der Waals surface area contributed by atoms with E-state index in [1.165, 1.54) is 0 Å².